The highest BCUT2D eigenvalue weighted by molar-refractivity contribution is 6.30. The van der Waals surface area contributed by atoms with Gasteiger partial charge in [0.15, 0.2) is 6.29 Å². The molecule has 0 amide bonds. The largest absolute Gasteiger partial charge is 0.480 e. The molecule has 0 N–H and O–H groups in total. The van der Waals surface area contributed by atoms with Gasteiger partial charge in [-0.2, -0.15) is 0 Å². The molecule has 14 heavy (non-hydrogen) atoms. The number of carbonyl (C=O) groups excluding carboxylic acids is 1. The molecule has 0 bridgehead atoms. The second-order valence-corrected chi connectivity index (χ2v) is 2.74. The van der Waals surface area contributed by atoms with Crippen LogP contribution >= 0.6 is 11.6 Å². The molecule has 0 fully saturated rings. The topological polar surface area (TPSA) is 39.2 Å². The van der Waals surface area contributed by atoms with E-state index in [0.29, 0.717) is 6.29 Å². The zero-order valence-electron chi connectivity index (χ0n) is 7.13. The summed E-state index contributed by atoms with van der Waals surface area (Å²) in [5.41, 5.74) is -0.526. The zero-order chi connectivity index (χ0) is 10.7. The van der Waals surface area contributed by atoms with Crippen LogP contribution in [0.4, 0.5) is 8.78 Å². The molecule has 0 aromatic carbocycles. The van der Waals surface area contributed by atoms with Gasteiger partial charge >= 0.3 is 0 Å². The smallest absolute Gasteiger partial charge is 0.266 e. The van der Waals surface area contributed by atoms with Crippen molar-refractivity contribution in [2.75, 3.05) is 7.11 Å². The van der Waals surface area contributed by atoms with Crippen molar-refractivity contribution in [3.05, 3.63) is 22.3 Å². The van der Waals surface area contributed by atoms with Gasteiger partial charge in [0.25, 0.3) is 6.43 Å². The van der Waals surface area contributed by atoms with Crippen LogP contribution in [0.15, 0.2) is 6.07 Å². The van der Waals surface area contributed by atoms with Crippen LogP contribution in [0.1, 0.15) is 22.3 Å². The van der Waals surface area contributed by atoms with Crippen molar-refractivity contribution in [3.63, 3.8) is 0 Å². The lowest BCUT2D eigenvalue weighted by atomic mass is 10.2. The first-order chi connectivity index (χ1) is 6.60. The Morgan fingerprint density at radius 2 is 2.29 bits per heavy atom. The summed E-state index contributed by atoms with van der Waals surface area (Å²) in [6.45, 7) is 0. The van der Waals surface area contributed by atoms with Crippen LogP contribution in [0.5, 0.6) is 5.88 Å². The van der Waals surface area contributed by atoms with E-state index in [2.05, 4.69) is 9.72 Å². The van der Waals surface area contributed by atoms with Crippen LogP contribution in [0.25, 0.3) is 0 Å². The average Bonchev–Trinajstić information content (AvgIpc) is 2.16. The number of pyridine rings is 1. The second kappa shape index (κ2) is 4.32. The van der Waals surface area contributed by atoms with Gasteiger partial charge in [-0.1, -0.05) is 11.6 Å². The summed E-state index contributed by atoms with van der Waals surface area (Å²) >= 11 is 5.45. The predicted octanol–water partition coefficient (Wildman–Crippen LogP) is 2.49. The second-order valence-electron chi connectivity index (χ2n) is 2.39. The third-order valence-electron chi connectivity index (χ3n) is 1.55. The molecule has 0 unspecified atom stereocenters. The lowest BCUT2D eigenvalue weighted by Gasteiger charge is -2.06. The van der Waals surface area contributed by atoms with Gasteiger partial charge in [-0.15, -0.1) is 0 Å². The lowest BCUT2D eigenvalue weighted by Crippen LogP contribution is -1.98. The molecule has 1 heterocycles. The van der Waals surface area contributed by atoms with E-state index in [1.54, 1.807) is 0 Å². The summed E-state index contributed by atoms with van der Waals surface area (Å²) in [6.07, 6.45) is -2.38. The summed E-state index contributed by atoms with van der Waals surface area (Å²) in [4.78, 5) is 14.0. The Labute approximate surface area is 83.7 Å². The first kappa shape index (κ1) is 10.8. The highest BCUT2D eigenvalue weighted by Gasteiger charge is 2.17. The van der Waals surface area contributed by atoms with Gasteiger partial charge in [-0.3, -0.25) is 4.79 Å². The maximum absolute atomic E-state index is 12.3. The summed E-state index contributed by atoms with van der Waals surface area (Å²) in [7, 11) is 1.27. The zero-order valence-corrected chi connectivity index (χ0v) is 7.89. The number of halogens is 3. The van der Waals surface area contributed by atoms with Crippen LogP contribution in [0, 0.1) is 0 Å². The molecule has 1 rings (SSSR count). The van der Waals surface area contributed by atoms with E-state index in [9.17, 15) is 13.6 Å². The number of methoxy groups -OCH3 is 1. The van der Waals surface area contributed by atoms with Crippen molar-refractivity contribution in [2.45, 2.75) is 6.43 Å². The van der Waals surface area contributed by atoms with E-state index < -0.39 is 12.0 Å². The molecule has 0 aliphatic carbocycles. The average molecular weight is 222 g/mol. The molecule has 1 aromatic heterocycles. The van der Waals surface area contributed by atoms with Gasteiger partial charge in [0.2, 0.25) is 5.88 Å². The Morgan fingerprint density at radius 3 is 2.71 bits per heavy atom. The highest BCUT2D eigenvalue weighted by Crippen LogP contribution is 2.29. The maximum atomic E-state index is 12.3. The number of hydrogen-bond acceptors (Lipinski definition) is 3. The molecule has 0 radical (unpaired) electrons. The van der Waals surface area contributed by atoms with Crippen molar-refractivity contribution < 1.29 is 18.3 Å². The summed E-state index contributed by atoms with van der Waals surface area (Å²) in [5, 5.41) is -0.359. The number of rotatable bonds is 3. The van der Waals surface area contributed by atoms with Gasteiger partial charge in [0.1, 0.15) is 5.15 Å². The SMILES string of the molecule is COc1nc(Cl)c(C(F)F)cc1C=O. The molecular formula is C8H6ClF2NO2. The van der Waals surface area contributed by atoms with E-state index >= 15 is 0 Å². The van der Waals surface area contributed by atoms with E-state index in [1.807, 2.05) is 0 Å². The molecule has 6 heteroatoms. The molecule has 0 aliphatic rings. The van der Waals surface area contributed by atoms with Crippen molar-refractivity contribution in [3.8, 4) is 5.88 Å². The van der Waals surface area contributed by atoms with Crippen LogP contribution in [-0.2, 0) is 0 Å². The first-order valence-corrected chi connectivity index (χ1v) is 3.95. The highest BCUT2D eigenvalue weighted by atomic mass is 35.5. The van der Waals surface area contributed by atoms with Gasteiger partial charge in [0.05, 0.1) is 18.2 Å². The van der Waals surface area contributed by atoms with E-state index in [1.165, 1.54) is 7.11 Å². The van der Waals surface area contributed by atoms with Crippen molar-refractivity contribution in [1.82, 2.24) is 4.98 Å². The Bertz CT molecular complexity index is 357. The summed E-state index contributed by atoms with van der Waals surface area (Å²) in [5.74, 6) is -0.0607. The number of aldehydes is 1. The minimum Gasteiger partial charge on any atom is -0.480 e. The van der Waals surface area contributed by atoms with Crippen molar-refractivity contribution in [1.29, 1.82) is 0 Å². The standard InChI is InChI=1S/C8H6ClF2NO2/c1-14-8-4(3-13)2-5(7(10)11)6(9)12-8/h2-3,7H,1H3. The Hall–Kier alpha value is -1.23. The normalized spacial score (nSPS) is 10.4. The molecule has 0 saturated heterocycles. The molecular weight excluding hydrogens is 216 g/mol. The monoisotopic (exact) mass is 221 g/mol. The van der Waals surface area contributed by atoms with E-state index in [0.717, 1.165) is 6.07 Å². The first-order valence-electron chi connectivity index (χ1n) is 3.58. The Kier molecular flexibility index (Phi) is 3.35. The van der Waals surface area contributed by atoms with Gasteiger partial charge < -0.3 is 4.74 Å². The number of nitrogens with zero attached hydrogens (tertiary/aromatic N) is 1. The third kappa shape index (κ3) is 1.98. The molecule has 76 valence electrons. The number of alkyl halides is 2. The van der Waals surface area contributed by atoms with Crippen LogP contribution < -0.4 is 4.74 Å². The summed E-state index contributed by atoms with van der Waals surface area (Å²) in [6, 6.07) is 0.964. The van der Waals surface area contributed by atoms with Crippen LogP contribution in [0.2, 0.25) is 5.15 Å². The molecule has 0 atom stereocenters. The minimum absolute atomic E-state index is 0.0489. The Morgan fingerprint density at radius 1 is 1.64 bits per heavy atom. The van der Waals surface area contributed by atoms with Crippen molar-refractivity contribution >= 4 is 17.9 Å². The van der Waals surface area contributed by atoms with Crippen LogP contribution in [0.3, 0.4) is 0 Å². The molecule has 1 aromatic rings. The number of aromatic nitrogens is 1. The summed E-state index contributed by atoms with van der Waals surface area (Å²) < 4.78 is 29.3. The molecule has 0 aliphatic heterocycles. The Balaban J connectivity index is 3.30. The van der Waals surface area contributed by atoms with Gasteiger partial charge in [-0.25, -0.2) is 13.8 Å². The fraction of sp³-hybridized carbons (Fsp3) is 0.250. The maximum Gasteiger partial charge on any atom is 0.266 e. The van der Waals surface area contributed by atoms with Crippen molar-refractivity contribution in [2.24, 2.45) is 0 Å². The number of ether oxygens (including phenoxy) is 1. The fourth-order valence-electron chi connectivity index (χ4n) is 0.908. The number of carbonyl (C=O) groups is 1. The lowest BCUT2D eigenvalue weighted by molar-refractivity contribution is 0.111. The molecule has 0 saturated carbocycles. The molecule has 0 spiro atoms. The number of hydrogen-bond donors (Lipinski definition) is 0. The van der Waals surface area contributed by atoms with Gasteiger partial charge in [-0.05, 0) is 6.07 Å². The van der Waals surface area contributed by atoms with E-state index in [-0.39, 0.29) is 16.6 Å². The van der Waals surface area contributed by atoms with E-state index in [4.69, 9.17) is 11.6 Å². The van der Waals surface area contributed by atoms with Crippen LogP contribution in [-0.4, -0.2) is 18.4 Å². The third-order valence-corrected chi connectivity index (χ3v) is 1.85. The fourth-order valence-corrected chi connectivity index (χ4v) is 1.12. The quantitative estimate of drug-likeness (QED) is 0.582. The minimum atomic E-state index is -2.76. The predicted molar refractivity (Wildman–Crippen MR) is 46.1 cm³/mol. The van der Waals surface area contributed by atoms with Gasteiger partial charge in [0, 0.05) is 0 Å². The molecule has 3 nitrogen and oxygen atoms in total.